The van der Waals surface area contributed by atoms with E-state index in [9.17, 15) is 9.59 Å². The first-order chi connectivity index (χ1) is 12.5. The number of fused-ring (bicyclic) bond motifs is 1. The van der Waals surface area contributed by atoms with Gasteiger partial charge in [0.15, 0.2) is 11.5 Å². The molecule has 0 fully saturated rings. The number of carbonyl (C=O) groups is 2. The van der Waals surface area contributed by atoms with E-state index in [1.807, 2.05) is 12.1 Å². The molecule has 2 aromatic carbocycles. The normalized spacial score (nSPS) is 14.0. The van der Waals surface area contributed by atoms with Gasteiger partial charge in [0.2, 0.25) is 5.91 Å². The molecule has 134 valence electrons. The third-order valence-corrected chi connectivity index (χ3v) is 4.40. The Hall–Kier alpha value is -3.28. The fourth-order valence-corrected chi connectivity index (χ4v) is 2.99. The first-order valence-corrected chi connectivity index (χ1v) is 8.12. The van der Waals surface area contributed by atoms with Crippen LogP contribution in [-0.2, 0) is 4.79 Å². The average molecular weight is 352 g/mol. The van der Waals surface area contributed by atoms with Crippen LogP contribution in [0.3, 0.4) is 0 Å². The van der Waals surface area contributed by atoms with Crippen LogP contribution in [0.15, 0.2) is 49.0 Å². The molecule has 0 aliphatic carbocycles. The molecule has 1 N–H and O–H groups in total. The van der Waals surface area contributed by atoms with Crippen molar-refractivity contribution in [1.82, 2.24) is 4.90 Å². The fraction of sp³-hybridized carbons (Fsp3) is 0.200. The Morgan fingerprint density at radius 3 is 2.35 bits per heavy atom. The van der Waals surface area contributed by atoms with Crippen LogP contribution in [0.4, 0.5) is 5.69 Å². The van der Waals surface area contributed by atoms with E-state index in [4.69, 9.17) is 9.47 Å². The fourth-order valence-electron chi connectivity index (χ4n) is 2.99. The summed E-state index contributed by atoms with van der Waals surface area (Å²) >= 11 is 0. The Morgan fingerprint density at radius 1 is 1.08 bits per heavy atom. The number of rotatable bonds is 5. The molecule has 0 radical (unpaired) electrons. The smallest absolute Gasteiger partial charge is 0.259 e. The summed E-state index contributed by atoms with van der Waals surface area (Å²) in [5.41, 5.74) is 2.39. The van der Waals surface area contributed by atoms with Crippen molar-refractivity contribution in [3.05, 3.63) is 60.2 Å². The predicted molar refractivity (Wildman–Crippen MR) is 99.3 cm³/mol. The molecule has 0 bridgehead atoms. The van der Waals surface area contributed by atoms with E-state index in [2.05, 4.69) is 11.9 Å². The largest absolute Gasteiger partial charge is 0.493 e. The van der Waals surface area contributed by atoms with Crippen LogP contribution < -0.4 is 14.8 Å². The van der Waals surface area contributed by atoms with E-state index in [-0.39, 0.29) is 11.8 Å². The maximum Gasteiger partial charge on any atom is 0.259 e. The molecule has 26 heavy (non-hydrogen) atoms. The molecule has 2 aromatic rings. The van der Waals surface area contributed by atoms with Gasteiger partial charge in [-0.05, 0) is 25.1 Å². The molecule has 3 rings (SSSR count). The maximum atomic E-state index is 12.7. The van der Waals surface area contributed by atoms with Crippen molar-refractivity contribution in [2.75, 3.05) is 19.5 Å². The van der Waals surface area contributed by atoms with E-state index < -0.39 is 6.04 Å². The second-order valence-corrected chi connectivity index (χ2v) is 5.90. The Kier molecular flexibility index (Phi) is 4.67. The van der Waals surface area contributed by atoms with Crippen molar-refractivity contribution < 1.29 is 19.1 Å². The van der Waals surface area contributed by atoms with Gasteiger partial charge >= 0.3 is 0 Å². The van der Waals surface area contributed by atoms with E-state index in [1.165, 1.54) is 12.0 Å². The minimum absolute atomic E-state index is 0.222. The summed E-state index contributed by atoms with van der Waals surface area (Å²) in [5.74, 6) is 0.532. The molecule has 0 aromatic heterocycles. The SMILES string of the molecule is C=C1c2ccccc2C(=O)N1C(C)C(=O)Nc1ccc(OC)c(OC)c1. The van der Waals surface area contributed by atoms with Gasteiger partial charge in [-0.1, -0.05) is 24.8 Å². The molecule has 6 nitrogen and oxygen atoms in total. The average Bonchev–Trinajstić information content (AvgIpc) is 2.92. The third kappa shape index (κ3) is 2.90. The van der Waals surface area contributed by atoms with Gasteiger partial charge in [-0.3, -0.25) is 14.5 Å². The zero-order valence-electron chi connectivity index (χ0n) is 14.9. The number of nitrogens with zero attached hydrogens (tertiary/aromatic N) is 1. The molecule has 1 aliphatic rings. The van der Waals surface area contributed by atoms with E-state index in [0.717, 1.165) is 5.56 Å². The van der Waals surface area contributed by atoms with Crippen molar-refractivity contribution in [3.8, 4) is 11.5 Å². The lowest BCUT2D eigenvalue weighted by molar-refractivity contribution is -0.119. The standard InChI is InChI=1S/C20H20N2O4/c1-12-15-7-5-6-8-16(15)20(24)22(12)13(2)19(23)21-14-9-10-17(25-3)18(11-14)26-4/h5-11,13H,1H2,2-4H3,(H,21,23). The summed E-state index contributed by atoms with van der Waals surface area (Å²) in [6.07, 6.45) is 0. The number of carbonyl (C=O) groups excluding carboxylic acids is 2. The van der Waals surface area contributed by atoms with Gasteiger partial charge in [-0.25, -0.2) is 0 Å². The van der Waals surface area contributed by atoms with Crippen molar-refractivity contribution in [2.24, 2.45) is 0 Å². The summed E-state index contributed by atoms with van der Waals surface area (Å²) in [7, 11) is 3.07. The number of anilines is 1. The molecular weight excluding hydrogens is 332 g/mol. The number of amides is 2. The Balaban J connectivity index is 1.79. The maximum absolute atomic E-state index is 12.7. The van der Waals surface area contributed by atoms with Crippen molar-refractivity contribution in [1.29, 1.82) is 0 Å². The summed E-state index contributed by atoms with van der Waals surface area (Å²) in [6.45, 7) is 5.65. The number of nitrogens with one attached hydrogen (secondary N) is 1. The van der Waals surface area contributed by atoms with E-state index in [1.54, 1.807) is 44.4 Å². The van der Waals surface area contributed by atoms with Gasteiger partial charge in [-0.2, -0.15) is 0 Å². The Bertz CT molecular complexity index is 856. The molecule has 1 unspecified atom stereocenters. The van der Waals surface area contributed by atoms with Crippen LogP contribution >= 0.6 is 0 Å². The van der Waals surface area contributed by atoms with Crippen molar-refractivity contribution in [3.63, 3.8) is 0 Å². The molecule has 1 heterocycles. The highest BCUT2D eigenvalue weighted by molar-refractivity contribution is 6.11. The lowest BCUT2D eigenvalue weighted by atomic mass is 10.1. The van der Waals surface area contributed by atoms with E-state index in [0.29, 0.717) is 28.4 Å². The van der Waals surface area contributed by atoms with Gasteiger partial charge in [0.25, 0.3) is 5.91 Å². The van der Waals surface area contributed by atoms with Crippen LogP contribution in [0.1, 0.15) is 22.8 Å². The van der Waals surface area contributed by atoms with Gasteiger partial charge < -0.3 is 14.8 Å². The second-order valence-electron chi connectivity index (χ2n) is 5.90. The Labute approximate surface area is 152 Å². The highest BCUT2D eigenvalue weighted by Gasteiger charge is 2.36. The molecular formula is C20H20N2O4. The van der Waals surface area contributed by atoms with Gasteiger partial charge in [-0.15, -0.1) is 0 Å². The molecule has 0 saturated carbocycles. The summed E-state index contributed by atoms with van der Waals surface area (Å²) in [6, 6.07) is 11.6. The molecule has 1 aliphatic heterocycles. The first kappa shape index (κ1) is 17.5. The molecule has 0 spiro atoms. The minimum Gasteiger partial charge on any atom is -0.493 e. The van der Waals surface area contributed by atoms with Gasteiger partial charge in [0, 0.05) is 28.6 Å². The minimum atomic E-state index is -0.713. The van der Waals surface area contributed by atoms with Crippen LogP contribution in [0.25, 0.3) is 5.70 Å². The second kappa shape index (κ2) is 6.92. The molecule has 0 saturated heterocycles. The lowest BCUT2D eigenvalue weighted by Crippen LogP contribution is -2.41. The number of methoxy groups -OCH3 is 2. The van der Waals surface area contributed by atoms with Crippen molar-refractivity contribution in [2.45, 2.75) is 13.0 Å². The van der Waals surface area contributed by atoms with Crippen LogP contribution in [0.5, 0.6) is 11.5 Å². The van der Waals surface area contributed by atoms with Gasteiger partial charge in [0.05, 0.1) is 14.2 Å². The number of ether oxygens (including phenoxy) is 2. The van der Waals surface area contributed by atoms with Gasteiger partial charge in [0.1, 0.15) is 6.04 Å². The van der Waals surface area contributed by atoms with Crippen LogP contribution in [-0.4, -0.2) is 37.0 Å². The number of benzene rings is 2. The first-order valence-electron chi connectivity index (χ1n) is 8.12. The zero-order valence-corrected chi connectivity index (χ0v) is 14.9. The van der Waals surface area contributed by atoms with Crippen LogP contribution in [0.2, 0.25) is 0 Å². The summed E-state index contributed by atoms with van der Waals surface area (Å²) < 4.78 is 10.4. The quantitative estimate of drug-likeness (QED) is 0.898. The molecule has 1 atom stereocenters. The highest BCUT2D eigenvalue weighted by atomic mass is 16.5. The molecule has 6 heteroatoms. The number of hydrogen-bond acceptors (Lipinski definition) is 4. The Morgan fingerprint density at radius 2 is 1.73 bits per heavy atom. The van der Waals surface area contributed by atoms with Crippen molar-refractivity contribution >= 4 is 23.2 Å². The van der Waals surface area contributed by atoms with Crippen LogP contribution in [0, 0.1) is 0 Å². The zero-order chi connectivity index (χ0) is 18.8. The number of hydrogen-bond donors (Lipinski definition) is 1. The highest BCUT2D eigenvalue weighted by Crippen LogP contribution is 2.34. The third-order valence-electron chi connectivity index (χ3n) is 4.40. The molecule has 2 amide bonds. The summed E-state index contributed by atoms with van der Waals surface area (Å²) in [5, 5.41) is 2.80. The van der Waals surface area contributed by atoms with E-state index >= 15 is 0 Å². The predicted octanol–water partition coefficient (Wildman–Crippen LogP) is 3.16. The summed E-state index contributed by atoms with van der Waals surface area (Å²) in [4.78, 5) is 26.7. The topological polar surface area (TPSA) is 67.9 Å². The monoisotopic (exact) mass is 352 g/mol. The lowest BCUT2D eigenvalue weighted by Gasteiger charge is -2.24.